The SMILES string of the molecule is Cc1cc(CNC(C)C(N)=O)sc1C. The van der Waals surface area contributed by atoms with E-state index in [1.165, 1.54) is 15.3 Å². The van der Waals surface area contributed by atoms with Crippen LogP contribution < -0.4 is 11.1 Å². The maximum absolute atomic E-state index is 10.8. The van der Waals surface area contributed by atoms with E-state index in [9.17, 15) is 4.79 Å². The summed E-state index contributed by atoms with van der Waals surface area (Å²) in [5.41, 5.74) is 6.44. The molecule has 1 atom stereocenters. The van der Waals surface area contributed by atoms with E-state index in [2.05, 4.69) is 25.2 Å². The molecule has 0 radical (unpaired) electrons. The van der Waals surface area contributed by atoms with Crippen molar-refractivity contribution >= 4 is 17.2 Å². The zero-order valence-electron chi connectivity index (χ0n) is 8.76. The Bertz CT molecular complexity index is 313. The van der Waals surface area contributed by atoms with Gasteiger partial charge in [0.2, 0.25) is 5.91 Å². The van der Waals surface area contributed by atoms with Crippen LogP contribution in [0.5, 0.6) is 0 Å². The first-order valence-corrected chi connectivity index (χ1v) is 5.41. The predicted molar refractivity (Wildman–Crippen MR) is 59.3 cm³/mol. The number of hydrogen-bond acceptors (Lipinski definition) is 3. The summed E-state index contributed by atoms with van der Waals surface area (Å²) in [6.45, 7) is 6.67. The van der Waals surface area contributed by atoms with Gasteiger partial charge in [0.05, 0.1) is 6.04 Å². The van der Waals surface area contributed by atoms with Crippen molar-refractivity contribution in [3.05, 3.63) is 21.4 Å². The van der Waals surface area contributed by atoms with E-state index < -0.39 is 0 Å². The highest BCUT2D eigenvalue weighted by Crippen LogP contribution is 2.20. The highest BCUT2D eigenvalue weighted by molar-refractivity contribution is 7.12. The summed E-state index contributed by atoms with van der Waals surface area (Å²) in [7, 11) is 0. The van der Waals surface area contributed by atoms with Gasteiger partial charge in [-0.1, -0.05) is 0 Å². The van der Waals surface area contributed by atoms with E-state index in [0.717, 1.165) is 0 Å². The molecule has 1 amide bonds. The number of carbonyl (C=O) groups is 1. The minimum Gasteiger partial charge on any atom is -0.368 e. The van der Waals surface area contributed by atoms with Crippen LogP contribution >= 0.6 is 11.3 Å². The van der Waals surface area contributed by atoms with E-state index in [1.54, 1.807) is 18.3 Å². The fourth-order valence-corrected chi connectivity index (χ4v) is 2.10. The van der Waals surface area contributed by atoms with E-state index in [0.29, 0.717) is 6.54 Å². The minimum atomic E-state index is -0.310. The first-order chi connectivity index (χ1) is 6.50. The van der Waals surface area contributed by atoms with E-state index >= 15 is 0 Å². The van der Waals surface area contributed by atoms with Crippen LogP contribution in [0.15, 0.2) is 6.07 Å². The summed E-state index contributed by atoms with van der Waals surface area (Å²) >= 11 is 1.75. The molecule has 0 saturated carbocycles. The quantitative estimate of drug-likeness (QED) is 0.791. The lowest BCUT2D eigenvalue weighted by atomic mass is 10.2. The maximum atomic E-state index is 10.8. The molecule has 1 aromatic rings. The molecule has 1 unspecified atom stereocenters. The zero-order valence-corrected chi connectivity index (χ0v) is 9.57. The first-order valence-electron chi connectivity index (χ1n) is 4.59. The molecule has 0 fully saturated rings. The number of primary amides is 1. The Kier molecular flexibility index (Phi) is 3.66. The summed E-state index contributed by atoms with van der Waals surface area (Å²) in [6.07, 6.45) is 0. The number of hydrogen-bond donors (Lipinski definition) is 2. The van der Waals surface area contributed by atoms with E-state index in [1.807, 2.05) is 0 Å². The molecule has 0 aliphatic carbocycles. The summed E-state index contributed by atoms with van der Waals surface area (Å²) in [5, 5.41) is 3.07. The standard InChI is InChI=1S/C10H16N2OS/c1-6-4-9(14-8(6)3)5-12-7(2)10(11)13/h4,7,12H,5H2,1-3H3,(H2,11,13). The molecular weight excluding hydrogens is 196 g/mol. The third kappa shape index (κ3) is 2.82. The molecule has 14 heavy (non-hydrogen) atoms. The molecule has 4 heteroatoms. The van der Waals surface area contributed by atoms with Gasteiger partial charge in [-0.15, -0.1) is 11.3 Å². The number of carbonyl (C=O) groups excluding carboxylic acids is 1. The van der Waals surface area contributed by atoms with Crippen LogP contribution in [0.3, 0.4) is 0 Å². The Morgan fingerprint density at radius 3 is 2.71 bits per heavy atom. The number of nitrogens with one attached hydrogen (secondary N) is 1. The molecule has 3 N–H and O–H groups in total. The predicted octanol–water partition coefficient (Wildman–Crippen LogP) is 1.33. The molecule has 0 aliphatic heterocycles. The van der Waals surface area contributed by atoms with Crippen molar-refractivity contribution in [2.75, 3.05) is 0 Å². The number of rotatable bonds is 4. The van der Waals surface area contributed by atoms with Gasteiger partial charge >= 0.3 is 0 Å². The van der Waals surface area contributed by atoms with Crippen LogP contribution in [0.1, 0.15) is 22.2 Å². The van der Waals surface area contributed by atoms with Crippen LogP contribution in [0.25, 0.3) is 0 Å². The second kappa shape index (κ2) is 4.57. The summed E-state index contributed by atoms with van der Waals surface area (Å²) in [5.74, 6) is -0.310. The molecule has 0 aliphatic rings. The Morgan fingerprint density at radius 2 is 2.29 bits per heavy atom. The Labute approximate surface area is 88.3 Å². The van der Waals surface area contributed by atoms with Crippen LogP contribution in [-0.2, 0) is 11.3 Å². The van der Waals surface area contributed by atoms with Crippen LogP contribution in [-0.4, -0.2) is 11.9 Å². The highest BCUT2D eigenvalue weighted by Gasteiger charge is 2.08. The zero-order chi connectivity index (χ0) is 10.7. The number of nitrogens with two attached hydrogens (primary N) is 1. The summed E-state index contributed by atoms with van der Waals surface area (Å²) < 4.78 is 0. The Balaban J connectivity index is 2.50. The number of thiophene rings is 1. The van der Waals surface area contributed by atoms with Crippen molar-refractivity contribution in [3.63, 3.8) is 0 Å². The van der Waals surface area contributed by atoms with Gasteiger partial charge in [0.1, 0.15) is 0 Å². The Hall–Kier alpha value is -0.870. The molecule has 0 spiro atoms. The Morgan fingerprint density at radius 1 is 1.64 bits per heavy atom. The van der Waals surface area contributed by atoms with Gasteiger partial charge in [0.15, 0.2) is 0 Å². The van der Waals surface area contributed by atoms with Crippen LogP contribution in [0.2, 0.25) is 0 Å². The van der Waals surface area contributed by atoms with Crippen molar-refractivity contribution in [1.29, 1.82) is 0 Å². The van der Waals surface area contributed by atoms with Crippen molar-refractivity contribution in [2.45, 2.75) is 33.4 Å². The van der Waals surface area contributed by atoms with Crippen molar-refractivity contribution in [3.8, 4) is 0 Å². The molecule has 3 nitrogen and oxygen atoms in total. The number of aryl methyl sites for hydroxylation is 2. The van der Waals surface area contributed by atoms with Crippen molar-refractivity contribution in [1.82, 2.24) is 5.32 Å². The molecular formula is C10H16N2OS. The number of amides is 1. The third-order valence-corrected chi connectivity index (χ3v) is 3.38. The minimum absolute atomic E-state index is 0.266. The lowest BCUT2D eigenvalue weighted by Gasteiger charge is -2.07. The molecule has 0 aromatic carbocycles. The molecule has 1 rings (SSSR count). The first kappa shape index (κ1) is 11.2. The van der Waals surface area contributed by atoms with Gasteiger partial charge in [-0.25, -0.2) is 0 Å². The van der Waals surface area contributed by atoms with Crippen LogP contribution in [0, 0.1) is 13.8 Å². The smallest absolute Gasteiger partial charge is 0.234 e. The largest absolute Gasteiger partial charge is 0.368 e. The lowest BCUT2D eigenvalue weighted by Crippen LogP contribution is -2.38. The average Bonchev–Trinajstić information content (AvgIpc) is 2.42. The maximum Gasteiger partial charge on any atom is 0.234 e. The average molecular weight is 212 g/mol. The normalized spacial score (nSPS) is 12.8. The molecule has 1 heterocycles. The third-order valence-electron chi connectivity index (χ3n) is 2.23. The lowest BCUT2D eigenvalue weighted by molar-refractivity contribution is -0.119. The monoisotopic (exact) mass is 212 g/mol. The summed E-state index contributed by atoms with van der Waals surface area (Å²) in [4.78, 5) is 13.3. The second-order valence-electron chi connectivity index (χ2n) is 3.46. The molecule has 0 saturated heterocycles. The fraction of sp³-hybridized carbons (Fsp3) is 0.500. The molecule has 0 bridgehead atoms. The van der Waals surface area contributed by atoms with Gasteiger partial charge < -0.3 is 11.1 Å². The van der Waals surface area contributed by atoms with Gasteiger partial charge in [-0.05, 0) is 32.4 Å². The highest BCUT2D eigenvalue weighted by atomic mass is 32.1. The van der Waals surface area contributed by atoms with Gasteiger partial charge in [0, 0.05) is 16.3 Å². The van der Waals surface area contributed by atoms with Crippen LogP contribution in [0.4, 0.5) is 0 Å². The summed E-state index contributed by atoms with van der Waals surface area (Å²) in [6, 6.07) is 1.87. The fourth-order valence-electron chi connectivity index (χ4n) is 1.09. The van der Waals surface area contributed by atoms with Gasteiger partial charge in [-0.3, -0.25) is 4.79 Å². The van der Waals surface area contributed by atoms with Gasteiger partial charge in [0.25, 0.3) is 0 Å². The molecule has 78 valence electrons. The van der Waals surface area contributed by atoms with Crippen molar-refractivity contribution < 1.29 is 4.79 Å². The van der Waals surface area contributed by atoms with E-state index in [4.69, 9.17) is 5.73 Å². The van der Waals surface area contributed by atoms with E-state index in [-0.39, 0.29) is 11.9 Å². The molecule has 1 aromatic heterocycles. The van der Waals surface area contributed by atoms with Gasteiger partial charge in [-0.2, -0.15) is 0 Å². The topological polar surface area (TPSA) is 55.1 Å². The van der Waals surface area contributed by atoms with Crippen molar-refractivity contribution in [2.24, 2.45) is 5.73 Å². The second-order valence-corrected chi connectivity index (χ2v) is 4.80.